The van der Waals surface area contributed by atoms with Gasteiger partial charge in [0.05, 0.1) is 10.7 Å². The summed E-state index contributed by atoms with van der Waals surface area (Å²) in [6.45, 7) is 2.06. The highest BCUT2D eigenvalue weighted by molar-refractivity contribution is 6.31. The lowest BCUT2D eigenvalue weighted by atomic mass is 10.0. The van der Waals surface area contributed by atoms with Gasteiger partial charge < -0.3 is 5.73 Å². The van der Waals surface area contributed by atoms with Crippen LogP contribution < -0.4 is 5.73 Å². The molecule has 0 aliphatic heterocycles. The van der Waals surface area contributed by atoms with Gasteiger partial charge in [0.25, 0.3) is 0 Å². The van der Waals surface area contributed by atoms with E-state index in [1.165, 1.54) is 6.07 Å². The van der Waals surface area contributed by atoms with Gasteiger partial charge in [-0.2, -0.15) is 5.10 Å². The molecule has 3 N–H and O–H groups in total. The first kappa shape index (κ1) is 11.9. The highest BCUT2D eigenvalue weighted by Crippen LogP contribution is 2.29. The normalized spacial score (nSPS) is 10.8. The Balaban J connectivity index is 2.48. The van der Waals surface area contributed by atoms with Crippen molar-refractivity contribution >= 4 is 17.4 Å². The second-order valence-electron chi connectivity index (χ2n) is 3.84. The minimum Gasteiger partial charge on any atom is -0.382 e. The van der Waals surface area contributed by atoms with E-state index in [1.54, 1.807) is 12.1 Å². The molecule has 1 aromatic heterocycles. The van der Waals surface area contributed by atoms with E-state index in [2.05, 4.69) is 17.1 Å². The van der Waals surface area contributed by atoms with Crippen molar-refractivity contribution in [3.63, 3.8) is 0 Å². The number of anilines is 1. The lowest BCUT2D eigenvalue weighted by Crippen LogP contribution is -1.93. The molecule has 0 fully saturated rings. The summed E-state index contributed by atoms with van der Waals surface area (Å²) in [5, 5.41) is 6.94. The fraction of sp³-hybridized carbons (Fsp3) is 0.250. The molecule has 3 nitrogen and oxygen atoms in total. The first-order chi connectivity index (χ1) is 8.13. The molecular formula is C12H13ClFN3. The van der Waals surface area contributed by atoms with Crippen molar-refractivity contribution in [3.05, 3.63) is 34.6 Å². The van der Waals surface area contributed by atoms with E-state index in [-0.39, 0.29) is 5.02 Å². The molecule has 2 rings (SSSR count). The van der Waals surface area contributed by atoms with Crippen molar-refractivity contribution in [2.24, 2.45) is 0 Å². The third kappa shape index (κ3) is 2.26. The van der Waals surface area contributed by atoms with Gasteiger partial charge in [-0.1, -0.05) is 24.9 Å². The standard InChI is InChI=1S/C12H13ClFN3/c1-2-3-8-11(16-17-12(8)15)7-4-5-10(14)9(13)6-7/h4-6H,2-3H2,1H3,(H3,15,16,17). The number of aromatic amines is 1. The van der Waals surface area contributed by atoms with Crippen LogP contribution in [0.2, 0.25) is 5.02 Å². The smallest absolute Gasteiger partial charge is 0.149 e. The minimum atomic E-state index is -0.431. The largest absolute Gasteiger partial charge is 0.382 e. The van der Waals surface area contributed by atoms with Crippen LogP contribution in [-0.2, 0) is 6.42 Å². The van der Waals surface area contributed by atoms with E-state index < -0.39 is 5.82 Å². The first-order valence-electron chi connectivity index (χ1n) is 5.41. The predicted octanol–water partition coefficient (Wildman–Crippen LogP) is 3.40. The summed E-state index contributed by atoms with van der Waals surface area (Å²) in [7, 11) is 0. The van der Waals surface area contributed by atoms with Gasteiger partial charge in [-0.3, -0.25) is 5.10 Å². The second-order valence-corrected chi connectivity index (χ2v) is 4.25. The highest BCUT2D eigenvalue weighted by Gasteiger charge is 2.13. The van der Waals surface area contributed by atoms with Crippen LogP contribution in [0.25, 0.3) is 11.3 Å². The Kier molecular flexibility index (Phi) is 3.33. The Morgan fingerprint density at radius 1 is 1.47 bits per heavy atom. The van der Waals surface area contributed by atoms with Gasteiger partial charge in [0.2, 0.25) is 0 Å². The number of aromatic nitrogens is 2. The summed E-state index contributed by atoms with van der Waals surface area (Å²) < 4.78 is 13.1. The molecule has 2 aromatic rings. The van der Waals surface area contributed by atoms with Crippen LogP contribution in [0.3, 0.4) is 0 Å². The van der Waals surface area contributed by atoms with Gasteiger partial charge in [-0.05, 0) is 24.6 Å². The van der Waals surface area contributed by atoms with E-state index in [9.17, 15) is 4.39 Å². The van der Waals surface area contributed by atoms with Gasteiger partial charge in [0, 0.05) is 11.1 Å². The van der Waals surface area contributed by atoms with Gasteiger partial charge in [0.1, 0.15) is 11.6 Å². The number of nitrogens with two attached hydrogens (primary N) is 1. The monoisotopic (exact) mass is 253 g/mol. The zero-order valence-corrected chi connectivity index (χ0v) is 10.2. The number of H-pyrrole nitrogens is 1. The molecule has 90 valence electrons. The van der Waals surface area contributed by atoms with Gasteiger partial charge in [0.15, 0.2) is 0 Å². The molecule has 5 heteroatoms. The average molecular weight is 254 g/mol. The Morgan fingerprint density at radius 2 is 2.24 bits per heavy atom. The molecule has 0 saturated carbocycles. The van der Waals surface area contributed by atoms with Crippen molar-refractivity contribution in [3.8, 4) is 11.3 Å². The number of nitrogens with one attached hydrogen (secondary N) is 1. The minimum absolute atomic E-state index is 0.0955. The molecule has 1 heterocycles. The van der Waals surface area contributed by atoms with E-state index in [0.717, 1.165) is 29.7 Å². The maximum Gasteiger partial charge on any atom is 0.149 e. The summed E-state index contributed by atoms with van der Waals surface area (Å²) in [5.74, 6) is 0.0576. The first-order valence-corrected chi connectivity index (χ1v) is 5.79. The predicted molar refractivity (Wildman–Crippen MR) is 67.4 cm³/mol. The fourth-order valence-electron chi connectivity index (χ4n) is 1.77. The molecule has 0 spiro atoms. The third-order valence-corrected chi connectivity index (χ3v) is 2.90. The summed E-state index contributed by atoms with van der Waals surface area (Å²) >= 11 is 5.76. The van der Waals surface area contributed by atoms with E-state index in [0.29, 0.717) is 5.82 Å². The maximum atomic E-state index is 13.1. The molecule has 0 unspecified atom stereocenters. The summed E-state index contributed by atoms with van der Waals surface area (Å²) in [5.41, 5.74) is 8.34. The van der Waals surface area contributed by atoms with Crippen LogP contribution >= 0.6 is 11.6 Å². The van der Waals surface area contributed by atoms with Gasteiger partial charge >= 0.3 is 0 Å². The van der Waals surface area contributed by atoms with Crippen molar-refractivity contribution < 1.29 is 4.39 Å². The molecule has 0 saturated heterocycles. The number of nitrogen functional groups attached to an aromatic ring is 1. The summed E-state index contributed by atoms with van der Waals surface area (Å²) in [4.78, 5) is 0. The molecule has 0 aliphatic rings. The number of benzene rings is 1. The van der Waals surface area contributed by atoms with Crippen LogP contribution in [-0.4, -0.2) is 10.2 Å². The molecular weight excluding hydrogens is 241 g/mol. The number of nitrogens with zero attached hydrogens (tertiary/aromatic N) is 1. The molecule has 0 atom stereocenters. The lowest BCUT2D eigenvalue weighted by molar-refractivity contribution is 0.628. The van der Waals surface area contributed by atoms with E-state index in [4.69, 9.17) is 17.3 Å². The van der Waals surface area contributed by atoms with E-state index >= 15 is 0 Å². The number of halogens is 2. The van der Waals surface area contributed by atoms with Gasteiger partial charge in [-0.25, -0.2) is 4.39 Å². The Labute approximate surface area is 104 Å². The van der Waals surface area contributed by atoms with Crippen LogP contribution in [0, 0.1) is 5.82 Å². The fourth-order valence-corrected chi connectivity index (χ4v) is 1.95. The zero-order valence-electron chi connectivity index (χ0n) is 9.43. The quantitative estimate of drug-likeness (QED) is 0.881. The zero-order chi connectivity index (χ0) is 12.4. The maximum absolute atomic E-state index is 13.1. The summed E-state index contributed by atoms with van der Waals surface area (Å²) in [6.07, 6.45) is 1.79. The van der Waals surface area contributed by atoms with Crippen LogP contribution in [0.1, 0.15) is 18.9 Å². The average Bonchev–Trinajstić information content (AvgIpc) is 2.66. The SMILES string of the molecule is CCCc1c(N)n[nH]c1-c1ccc(F)c(Cl)c1. The molecule has 0 radical (unpaired) electrons. The molecule has 17 heavy (non-hydrogen) atoms. The number of rotatable bonds is 3. The van der Waals surface area contributed by atoms with E-state index in [1.807, 2.05) is 0 Å². The third-order valence-electron chi connectivity index (χ3n) is 2.61. The van der Waals surface area contributed by atoms with Crippen molar-refractivity contribution in [2.75, 3.05) is 5.73 Å². The van der Waals surface area contributed by atoms with Gasteiger partial charge in [-0.15, -0.1) is 0 Å². The topological polar surface area (TPSA) is 54.7 Å². The van der Waals surface area contributed by atoms with Crippen LogP contribution in [0.15, 0.2) is 18.2 Å². The molecule has 0 amide bonds. The van der Waals surface area contributed by atoms with Crippen molar-refractivity contribution in [1.82, 2.24) is 10.2 Å². The molecule has 1 aromatic carbocycles. The summed E-state index contributed by atoms with van der Waals surface area (Å²) in [6, 6.07) is 4.57. The second kappa shape index (κ2) is 4.75. The van der Waals surface area contributed by atoms with Crippen LogP contribution in [0.5, 0.6) is 0 Å². The molecule has 0 bridgehead atoms. The van der Waals surface area contributed by atoms with Crippen molar-refractivity contribution in [2.45, 2.75) is 19.8 Å². The number of hydrogen-bond donors (Lipinski definition) is 2. The highest BCUT2D eigenvalue weighted by atomic mass is 35.5. The Hall–Kier alpha value is -1.55. The Bertz CT molecular complexity index is 537. The Morgan fingerprint density at radius 3 is 2.88 bits per heavy atom. The lowest BCUT2D eigenvalue weighted by Gasteiger charge is -2.04. The van der Waals surface area contributed by atoms with Crippen LogP contribution in [0.4, 0.5) is 10.2 Å². The van der Waals surface area contributed by atoms with Crippen molar-refractivity contribution in [1.29, 1.82) is 0 Å². The molecule has 0 aliphatic carbocycles. The number of hydrogen-bond acceptors (Lipinski definition) is 2.